The topological polar surface area (TPSA) is 111 Å². The Balaban J connectivity index is 1.39. The van der Waals surface area contributed by atoms with Gasteiger partial charge in [-0.25, -0.2) is 0 Å². The van der Waals surface area contributed by atoms with Crippen molar-refractivity contribution in [1.82, 2.24) is 19.4 Å². The van der Waals surface area contributed by atoms with Crippen LogP contribution in [0.3, 0.4) is 0 Å². The third-order valence-electron chi connectivity index (χ3n) is 7.68. The SMILES string of the molecule is C=CC(=O)Nc1cccc(Oc2nc(Nc3ccc(C[C@H]4CCN(CCC)C4)cc3)nc3c2ccn3COC(=O)C(C)(C)C)c1. The number of fused-ring (bicyclic) bond motifs is 1. The van der Waals surface area contributed by atoms with Crippen LogP contribution in [0.5, 0.6) is 11.6 Å². The normalized spacial score (nSPS) is 15.2. The zero-order valence-electron chi connectivity index (χ0n) is 26.5. The molecule has 10 nitrogen and oxygen atoms in total. The maximum absolute atomic E-state index is 12.5. The van der Waals surface area contributed by atoms with Crippen molar-refractivity contribution in [1.29, 1.82) is 0 Å². The second-order valence-corrected chi connectivity index (χ2v) is 12.5. The Morgan fingerprint density at radius 2 is 1.89 bits per heavy atom. The van der Waals surface area contributed by atoms with Crippen LogP contribution in [0.15, 0.2) is 73.4 Å². The molecule has 0 spiro atoms. The summed E-state index contributed by atoms with van der Waals surface area (Å²) in [4.78, 5) is 36.3. The number of likely N-dealkylation sites (tertiary alicyclic amines) is 1. The smallest absolute Gasteiger partial charge is 0.312 e. The Bertz CT molecular complexity index is 1660. The minimum Gasteiger partial charge on any atom is -0.443 e. The zero-order chi connectivity index (χ0) is 32.0. The number of aromatic nitrogens is 3. The van der Waals surface area contributed by atoms with Crippen LogP contribution in [0.1, 0.15) is 46.1 Å². The van der Waals surface area contributed by atoms with Crippen molar-refractivity contribution in [3.05, 3.63) is 79.0 Å². The summed E-state index contributed by atoms with van der Waals surface area (Å²) >= 11 is 0. The van der Waals surface area contributed by atoms with E-state index in [0.717, 1.165) is 12.1 Å². The first kappa shape index (κ1) is 31.7. The Labute approximate surface area is 264 Å². The van der Waals surface area contributed by atoms with Gasteiger partial charge in [-0.3, -0.25) is 14.2 Å². The van der Waals surface area contributed by atoms with Crippen LogP contribution in [0.2, 0.25) is 0 Å². The minimum absolute atomic E-state index is 0.00981. The predicted octanol–water partition coefficient (Wildman–Crippen LogP) is 6.91. The van der Waals surface area contributed by atoms with E-state index in [1.807, 2.05) is 39.0 Å². The van der Waals surface area contributed by atoms with Crippen LogP contribution in [0, 0.1) is 11.3 Å². The van der Waals surface area contributed by atoms with E-state index in [1.165, 1.54) is 44.1 Å². The lowest BCUT2D eigenvalue weighted by molar-refractivity contribution is -0.156. The number of carbonyl (C=O) groups is 2. The molecular formula is C35H42N6O4. The van der Waals surface area contributed by atoms with Gasteiger partial charge >= 0.3 is 5.97 Å². The summed E-state index contributed by atoms with van der Waals surface area (Å²) in [5.74, 6) is 1.16. The van der Waals surface area contributed by atoms with Gasteiger partial charge in [0.15, 0.2) is 12.4 Å². The summed E-state index contributed by atoms with van der Waals surface area (Å²) in [6.07, 6.45) is 6.49. The highest BCUT2D eigenvalue weighted by atomic mass is 16.5. The number of hydrogen-bond donors (Lipinski definition) is 2. The molecule has 45 heavy (non-hydrogen) atoms. The van der Waals surface area contributed by atoms with E-state index in [1.54, 1.807) is 35.0 Å². The van der Waals surface area contributed by atoms with Crippen LogP contribution in [0.25, 0.3) is 11.0 Å². The van der Waals surface area contributed by atoms with E-state index in [0.29, 0.717) is 40.2 Å². The van der Waals surface area contributed by atoms with E-state index in [4.69, 9.17) is 19.4 Å². The van der Waals surface area contributed by atoms with E-state index in [-0.39, 0.29) is 18.6 Å². The molecule has 5 rings (SSSR count). The van der Waals surface area contributed by atoms with Gasteiger partial charge in [0.25, 0.3) is 0 Å². The fourth-order valence-electron chi connectivity index (χ4n) is 5.35. The molecule has 0 radical (unpaired) electrons. The average molecular weight is 611 g/mol. The van der Waals surface area contributed by atoms with Crippen molar-refractivity contribution >= 4 is 40.2 Å². The van der Waals surface area contributed by atoms with Gasteiger partial charge in [-0.1, -0.05) is 31.7 Å². The van der Waals surface area contributed by atoms with Crippen molar-refractivity contribution in [3.63, 3.8) is 0 Å². The molecular weight excluding hydrogens is 568 g/mol. The number of benzene rings is 2. The number of anilines is 3. The standard InChI is InChI=1S/C35H42N6O4/c1-6-17-40-18-15-25(22-40)20-24-11-13-26(14-12-24)37-34-38-31-29(16-19-41(31)23-44-33(43)35(3,4)5)32(39-34)45-28-10-8-9-27(21-28)36-30(42)7-2/h7-14,16,19,21,25H,2,6,15,17-18,20,22-23H2,1,3-5H3,(H,36,42)(H,37,38,39)/t25-/m1/s1. The molecule has 2 N–H and O–H groups in total. The lowest BCUT2D eigenvalue weighted by atomic mass is 9.98. The maximum Gasteiger partial charge on any atom is 0.312 e. The monoisotopic (exact) mass is 610 g/mol. The Kier molecular flexibility index (Phi) is 9.83. The first-order valence-electron chi connectivity index (χ1n) is 15.4. The zero-order valence-corrected chi connectivity index (χ0v) is 26.5. The van der Waals surface area contributed by atoms with E-state index >= 15 is 0 Å². The molecule has 1 fully saturated rings. The molecule has 4 aromatic rings. The number of amides is 1. The van der Waals surface area contributed by atoms with Crippen molar-refractivity contribution in [2.45, 2.75) is 53.7 Å². The number of nitrogens with one attached hydrogen (secondary N) is 2. The highest BCUT2D eigenvalue weighted by Crippen LogP contribution is 2.32. The van der Waals surface area contributed by atoms with Gasteiger partial charge in [-0.2, -0.15) is 9.97 Å². The van der Waals surface area contributed by atoms with Crippen LogP contribution < -0.4 is 15.4 Å². The predicted molar refractivity (Wildman–Crippen MR) is 177 cm³/mol. The number of hydrogen-bond acceptors (Lipinski definition) is 8. The molecule has 1 amide bonds. The van der Waals surface area contributed by atoms with Crippen LogP contribution in [-0.4, -0.2) is 50.9 Å². The fraction of sp³-hybridized carbons (Fsp3) is 0.371. The molecule has 0 unspecified atom stereocenters. The fourth-order valence-corrected chi connectivity index (χ4v) is 5.35. The van der Waals surface area contributed by atoms with Gasteiger partial charge in [-0.05, 0) is 101 Å². The molecule has 10 heteroatoms. The minimum atomic E-state index is -0.635. The van der Waals surface area contributed by atoms with Crippen LogP contribution in [0.4, 0.5) is 17.3 Å². The summed E-state index contributed by atoms with van der Waals surface area (Å²) in [5, 5.41) is 6.69. The number of ether oxygens (including phenoxy) is 2. The van der Waals surface area contributed by atoms with E-state index < -0.39 is 5.41 Å². The van der Waals surface area contributed by atoms with Crippen molar-refractivity contribution in [2.75, 3.05) is 30.3 Å². The molecule has 236 valence electrons. The largest absolute Gasteiger partial charge is 0.443 e. The molecule has 3 heterocycles. The summed E-state index contributed by atoms with van der Waals surface area (Å²) in [6, 6.07) is 17.2. The first-order chi connectivity index (χ1) is 21.6. The molecule has 1 aliphatic rings. The molecule has 0 bridgehead atoms. The van der Waals surface area contributed by atoms with Gasteiger partial charge < -0.3 is 25.0 Å². The Morgan fingerprint density at radius 1 is 1.09 bits per heavy atom. The summed E-state index contributed by atoms with van der Waals surface area (Å²) in [5.41, 5.74) is 2.61. The molecule has 0 aliphatic carbocycles. The lowest BCUT2D eigenvalue weighted by Gasteiger charge is -2.17. The molecule has 2 aromatic heterocycles. The van der Waals surface area contributed by atoms with Gasteiger partial charge in [0.1, 0.15) is 5.75 Å². The molecule has 1 atom stereocenters. The van der Waals surface area contributed by atoms with Gasteiger partial charge in [-0.15, -0.1) is 0 Å². The van der Waals surface area contributed by atoms with Gasteiger partial charge in [0.05, 0.1) is 10.8 Å². The Hall–Kier alpha value is -4.70. The summed E-state index contributed by atoms with van der Waals surface area (Å²) in [6.45, 7) is 14.7. The van der Waals surface area contributed by atoms with Gasteiger partial charge in [0, 0.05) is 30.2 Å². The number of nitrogens with zero attached hydrogens (tertiary/aromatic N) is 4. The third-order valence-corrected chi connectivity index (χ3v) is 7.68. The second kappa shape index (κ2) is 13.9. The first-order valence-corrected chi connectivity index (χ1v) is 15.4. The molecule has 0 saturated carbocycles. The number of esters is 1. The van der Waals surface area contributed by atoms with Gasteiger partial charge in [0.2, 0.25) is 17.7 Å². The van der Waals surface area contributed by atoms with Crippen molar-refractivity contribution < 1.29 is 19.1 Å². The second-order valence-electron chi connectivity index (χ2n) is 12.5. The highest BCUT2D eigenvalue weighted by Gasteiger charge is 2.24. The number of rotatable bonds is 12. The molecule has 1 saturated heterocycles. The highest BCUT2D eigenvalue weighted by molar-refractivity contribution is 5.99. The van der Waals surface area contributed by atoms with Crippen molar-refractivity contribution in [2.24, 2.45) is 11.3 Å². The number of carbonyl (C=O) groups excluding carboxylic acids is 2. The average Bonchev–Trinajstić information content (AvgIpc) is 3.63. The van der Waals surface area contributed by atoms with E-state index in [2.05, 4.69) is 41.2 Å². The molecule has 1 aliphatic heterocycles. The summed E-state index contributed by atoms with van der Waals surface area (Å²) in [7, 11) is 0. The summed E-state index contributed by atoms with van der Waals surface area (Å²) < 4.78 is 13.6. The Morgan fingerprint density at radius 3 is 2.62 bits per heavy atom. The van der Waals surface area contributed by atoms with E-state index in [9.17, 15) is 9.59 Å². The lowest BCUT2D eigenvalue weighted by Crippen LogP contribution is -2.24. The maximum atomic E-state index is 12.5. The third kappa shape index (κ3) is 8.27. The quantitative estimate of drug-likeness (QED) is 0.132. The van der Waals surface area contributed by atoms with Crippen LogP contribution >= 0.6 is 0 Å². The van der Waals surface area contributed by atoms with Crippen molar-refractivity contribution in [3.8, 4) is 11.6 Å². The molecule has 2 aromatic carbocycles. The van der Waals surface area contributed by atoms with Crippen LogP contribution in [-0.2, 0) is 27.5 Å².